The molecule has 0 nitrogen and oxygen atoms in total. The first-order valence-electron chi connectivity index (χ1n) is 2.77. The predicted molar refractivity (Wildman–Crippen MR) is 37.8 cm³/mol. The van der Waals surface area contributed by atoms with E-state index in [0.29, 0.717) is 0 Å². The highest BCUT2D eigenvalue weighted by molar-refractivity contribution is 5.23. The van der Waals surface area contributed by atoms with E-state index in [1.807, 2.05) is 6.92 Å². The molecule has 0 atom stereocenters. The summed E-state index contributed by atoms with van der Waals surface area (Å²) in [6, 6.07) is 0. The van der Waals surface area contributed by atoms with Gasteiger partial charge in [0, 0.05) is 0 Å². The summed E-state index contributed by atoms with van der Waals surface area (Å²) in [5, 5.41) is 0. The molecule has 0 aromatic rings. The first kappa shape index (κ1) is 7.26. The molecule has 0 spiro atoms. The predicted octanol–water partition coefficient (Wildman–Crippen LogP) is 2.68. The molecule has 0 heterocycles. The van der Waals surface area contributed by atoms with Gasteiger partial charge in [-0.1, -0.05) is 20.1 Å². The van der Waals surface area contributed by atoms with Crippen molar-refractivity contribution in [3.05, 3.63) is 30.0 Å². The van der Waals surface area contributed by atoms with Crippen molar-refractivity contribution in [3.8, 4) is 0 Å². The number of hydrogen-bond donors (Lipinski definition) is 0. The Morgan fingerprint density at radius 3 is 2.12 bits per heavy atom. The van der Waals surface area contributed by atoms with Gasteiger partial charge in [0.15, 0.2) is 0 Å². The molecule has 0 saturated carbocycles. The lowest BCUT2D eigenvalue weighted by molar-refractivity contribution is 1.11. The van der Waals surface area contributed by atoms with E-state index in [1.54, 1.807) is 0 Å². The van der Waals surface area contributed by atoms with Crippen molar-refractivity contribution < 1.29 is 0 Å². The average molecular weight is 108 g/mol. The molecule has 0 aliphatic carbocycles. The molecule has 0 saturated heterocycles. The van der Waals surface area contributed by atoms with E-state index in [0.717, 1.165) is 17.6 Å². The standard InChI is InChI=1S/C8H12/c1-5-8(6-2)7(3)4/h1,3,6H2,2,4H3. The summed E-state index contributed by atoms with van der Waals surface area (Å²) < 4.78 is 0. The maximum Gasteiger partial charge on any atom is -0.00460 e. The minimum Gasteiger partial charge on any atom is -0.125 e. The van der Waals surface area contributed by atoms with E-state index in [4.69, 9.17) is 0 Å². The Hall–Kier alpha value is -0.740. The number of hydrogen-bond acceptors (Lipinski definition) is 0. The molecule has 0 N–H and O–H groups in total. The van der Waals surface area contributed by atoms with E-state index in [1.165, 1.54) is 0 Å². The summed E-state index contributed by atoms with van der Waals surface area (Å²) >= 11 is 0. The van der Waals surface area contributed by atoms with Crippen LogP contribution in [0.3, 0.4) is 0 Å². The third-order valence-electron chi connectivity index (χ3n) is 1.08. The van der Waals surface area contributed by atoms with Crippen LogP contribution in [0.1, 0.15) is 20.3 Å². The molecule has 0 aliphatic heterocycles. The molecule has 0 bridgehead atoms. The van der Waals surface area contributed by atoms with Crippen LogP contribution in [0, 0.1) is 0 Å². The van der Waals surface area contributed by atoms with Crippen LogP contribution in [-0.2, 0) is 0 Å². The van der Waals surface area contributed by atoms with Gasteiger partial charge >= 0.3 is 0 Å². The van der Waals surface area contributed by atoms with Gasteiger partial charge in [0.1, 0.15) is 0 Å². The van der Waals surface area contributed by atoms with Crippen LogP contribution in [0.5, 0.6) is 0 Å². The van der Waals surface area contributed by atoms with Gasteiger partial charge in [-0.15, -0.1) is 5.73 Å². The number of rotatable bonds is 2. The minimum absolute atomic E-state index is 0.985. The maximum atomic E-state index is 3.76. The van der Waals surface area contributed by atoms with Gasteiger partial charge in [-0.25, -0.2) is 0 Å². The summed E-state index contributed by atoms with van der Waals surface area (Å²) in [5.74, 6) is 0. The largest absolute Gasteiger partial charge is 0.125 e. The fraction of sp³-hybridized carbons (Fsp3) is 0.375. The first-order valence-corrected chi connectivity index (χ1v) is 2.77. The van der Waals surface area contributed by atoms with Crippen LogP contribution in [-0.4, -0.2) is 0 Å². The summed E-state index contributed by atoms with van der Waals surface area (Å²) in [5.41, 5.74) is 5.02. The summed E-state index contributed by atoms with van der Waals surface area (Å²) in [6.45, 7) is 11.3. The second-order valence-corrected chi connectivity index (χ2v) is 1.79. The van der Waals surface area contributed by atoms with Crippen molar-refractivity contribution in [2.24, 2.45) is 0 Å². The van der Waals surface area contributed by atoms with Crippen LogP contribution in [0.15, 0.2) is 30.0 Å². The molecular formula is C8H12. The minimum atomic E-state index is 0.985. The second-order valence-electron chi connectivity index (χ2n) is 1.79. The lowest BCUT2D eigenvalue weighted by atomic mass is 10.1. The van der Waals surface area contributed by atoms with Crippen LogP contribution >= 0.6 is 0 Å². The lowest BCUT2D eigenvalue weighted by Gasteiger charge is -1.95. The van der Waals surface area contributed by atoms with E-state index in [-0.39, 0.29) is 0 Å². The summed E-state index contributed by atoms with van der Waals surface area (Å²) in [7, 11) is 0. The third kappa shape index (κ3) is 1.81. The smallest absolute Gasteiger partial charge is 0.00460 e. The molecule has 0 fully saturated rings. The molecule has 0 aliphatic rings. The van der Waals surface area contributed by atoms with Crippen LogP contribution in [0.25, 0.3) is 0 Å². The van der Waals surface area contributed by atoms with Gasteiger partial charge < -0.3 is 0 Å². The highest BCUT2D eigenvalue weighted by Crippen LogP contribution is 2.07. The van der Waals surface area contributed by atoms with Crippen molar-refractivity contribution in [3.63, 3.8) is 0 Å². The Kier molecular flexibility index (Phi) is 2.98. The zero-order valence-electron chi connectivity index (χ0n) is 5.62. The van der Waals surface area contributed by atoms with Gasteiger partial charge in [-0.3, -0.25) is 0 Å². The van der Waals surface area contributed by atoms with E-state index in [2.05, 4.69) is 25.8 Å². The highest BCUT2D eigenvalue weighted by atomic mass is 13.9. The summed E-state index contributed by atoms with van der Waals surface area (Å²) in [6.07, 6.45) is 0.985. The molecule has 0 unspecified atom stereocenters. The first-order chi connectivity index (χ1) is 3.72. The van der Waals surface area contributed by atoms with Gasteiger partial charge in [-0.2, -0.15) is 0 Å². The Balaban J connectivity index is 4.14. The Bertz CT molecular complexity index is 134. The van der Waals surface area contributed by atoms with E-state index < -0.39 is 0 Å². The third-order valence-corrected chi connectivity index (χ3v) is 1.08. The lowest BCUT2D eigenvalue weighted by Crippen LogP contribution is -1.76. The molecule has 0 aromatic carbocycles. The fourth-order valence-corrected chi connectivity index (χ4v) is 0.578. The average Bonchev–Trinajstić information content (AvgIpc) is 1.69. The van der Waals surface area contributed by atoms with Gasteiger partial charge in [0.25, 0.3) is 0 Å². The van der Waals surface area contributed by atoms with E-state index in [9.17, 15) is 0 Å². The Labute approximate surface area is 51.2 Å². The van der Waals surface area contributed by atoms with Crippen molar-refractivity contribution in [2.75, 3.05) is 0 Å². The van der Waals surface area contributed by atoms with Crippen molar-refractivity contribution in [2.45, 2.75) is 20.3 Å². The van der Waals surface area contributed by atoms with Crippen molar-refractivity contribution in [1.82, 2.24) is 0 Å². The van der Waals surface area contributed by atoms with E-state index >= 15 is 0 Å². The van der Waals surface area contributed by atoms with Crippen molar-refractivity contribution >= 4 is 0 Å². The molecule has 0 radical (unpaired) electrons. The van der Waals surface area contributed by atoms with Crippen LogP contribution in [0.2, 0.25) is 0 Å². The molecule has 44 valence electrons. The zero-order chi connectivity index (χ0) is 6.57. The van der Waals surface area contributed by atoms with Gasteiger partial charge in [0.2, 0.25) is 0 Å². The van der Waals surface area contributed by atoms with Crippen LogP contribution in [0.4, 0.5) is 0 Å². The molecule has 0 aromatic heterocycles. The Morgan fingerprint density at radius 1 is 1.62 bits per heavy atom. The van der Waals surface area contributed by atoms with Crippen molar-refractivity contribution in [1.29, 1.82) is 0 Å². The monoisotopic (exact) mass is 108 g/mol. The van der Waals surface area contributed by atoms with Gasteiger partial charge in [-0.05, 0) is 24.5 Å². The Morgan fingerprint density at radius 2 is 2.12 bits per heavy atom. The zero-order valence-corrected chi connectivity index (χ0v) is 5.62. The molecule has 0 amide bonds. The molecule has 0 rings (SSSR count). The van der Waals surface area contributed by atoms with Crippen LogP contribution < -0.4 is 0 Å². The summed E-state index contributed by atoms with van der Waals surface area (Å²) in [4.78, 5) is 0. The fourth-order valence-electron chi connectivity index (χ4n) is 0.578. The highest BCUT2D eigenvalue weighted by Gasteiger charge is 1.88. The quantitative estimate of drug-likeness (QED) is 0.377. The molecule has 8 heavy (non-hydrogen) atoms. The second kappa shape index (κ2) is 3.29. The topological polar surface area (TPSA) is 0 Å². The maximum absolute atomic E-state index is 3.76. The van der Waals surface area contributed by atoms with Gasteiger partial charge in [0.05, 0.1) is 0 Å². The SMILES string of the molecule is C=C=C(CC)C(=C)C. The molecular weight excluding hydrogens is 96.1 g/mol. The number of allylic oxidation sites excluding steroid dienone is 2. The molecule has 0 heteroatoms. The normalized spacial score (nSPS) is 7.75.